The second-order valence-electron chi connectivity index (χ2n) is 5.63. The monoisotopic (exact) mass is 267 g/mol. The Kier molecular flexibility index (Phi) is 4.80. The van der Waals surface area contributed by atoms with Gasteiger partial charge in [-0.15, -0.1) is 0 Å². The third-order valence-corrected chi connectivity index (χ3v) is 3.98. The molecule has 1 saturated carbocycles. The third kappa shape index (κ3) is 3.93. The predicted molar refractivity (Wildman–Crippen MR) is 73.7 cm³/mol. The van der Waals surface area contributed by atoms with Crippen LogP contribution in [0, 0.1) is 0 Å². The van der Waals surface area contributed by atoms with Crippen molar-refractivity contribution in [2.45, 2.75) is 51.6 Å². The summed E-state index contributed by atoms with van der Waals surface area (Å²) in [6, 6.07) is 0.339. The van der Waals surface area contributed by atoms with Crippen molar-refractivity contribution in [3.05, 3.63) is 0 Å². The molecule has 2 fully saturated rings. The molecule has 5 nitrogen and oxygen atoms in total. The van der Waals surface area contributed by atoms with Crippen LogP contribution >= 0.6 is 0 Å². The molecule has 1 unspecified atom stereocenters. The number of nitrogens with one attached hydrogen (secondary N) is 1. The van der Waals surface area contributed by atoms with Crippen LogP contribution in [0.4, 0.5) is 0 Å². The highest BCUT2D eigenvalue weighted by atomic mass is 16.2. The van der Waals surface area contributed by atoms with Crippen LogP contribution in [0.25, 0.3) is 0 Å². The highest BCUT2D eigenvalue weighted by Crippen LogP contribution is 2.19. The molecule has 2 amide bonds. The number of amides is 2. The van der Waals surface area contributed by atoms with Gasteiger partial charge in [0.25, 0.3) is 0 Å². The van der Waals surface area contributed by atoms with Gasteiger partial charge in [-0.25, -0.2) is 0 Å². The fourth-order valence-electron chi connectivity index (χ4n) is 2.45. The van der Waals surface area contributed by atoms with Gasteiger partial charge in [0.05, 0.1) is 6.04 Å². The molecule has 1 saturated heterocycles. The van der Waals surface area contributed by atoms with Crippen molar-refractivity contribution in [1.82, 2.24) is 15.1 Å². The van der Waals surface area contributed by atoms with Gasteiger partial charge in [-0.3, -0.25) is 14.5 Å². The Labute approximate surface area is 115 Å². The van der Waals surface area contributed by atoms with Gasteiger partial charge in [-0.05, 0) is 26.2 Å². The van der Waals surface area contributed by atoms with Crippen LogP contribution in [-0.2, 0) is 9.59 Å². The Morgan fingerprint density at radius 1 is 1.21 bits per heavy atom. The Bertz CT molecular complexity index is 334. The summed E-state index contributed by atoms with van der Waals surface area (Å²) in [5, 5.41) is 3.04. The molecule has 1 atom stereocenters. The number of piperazine rings is 1. The fourth-order valence-corrected chi connectivity index (χ4v) is 2.45. The zero-order valence-corrected chi connectivity index (χ0v) is 12.0. The van der Waals surface area contributed by atoms with Gasteiger partial charge in [0.2, 0.25) is 11.8 Å². The Hall–Kier alpha value is -1.10. The van der Waals surface area contributed by atoms with E-state index in [1.807, 2.05) is 18.7 Å². The maximum atomic E-state index is 12.0. The summed E-state index contributed by atoms with van der Waals surface area (Å²) in [4.78, 5) is 27.9. The molecule has 5 heteroatoms. The molecule has 108 valence electrons. The number of rotatable bonds is 5. The number of hydrogen-bond donors (Lipinski definition) is 1. The molecule has 0 aromatic carbocycles. The molecule has 1 aliphatic heterocycles. The van der Waals surface area contributed by atoms with Gasteiger partial charge >= 0.3 is 0 Å². The highest BCUT2D eigenvalue weighted by Gasteiger charge is 2.30. The summed E-state index contributed by atoms with van der Waals surface area (Å²) >= 11 is 0. The zero-order chi connectivity index (χ0) is 13.8. The average molecular weight is 267 g/mol. The topological polar surface area (TPSA) is 52.7 Å². The lowest BCUT2D eigenvalue weighted by Gasteiger charge is -2.37. The van der Waals surface area contributed by atoms with Gasteiger partial charge in [0.1, 0.15) is 0 Å². The molecule has 1 heterocycles. The average Bonchev–Trinajstić information content (AvgIpc) is 3.22. The van der Waals surface area contributed by atoms with E-state index >= 15 is 0 Å². The first-order chi connectivity index (χ1) is 9.11. The van der Waals surface area contributed by atoms with Crippen molar-refractivity contribution in [2.24, 2.45) is 0 Å². The molecule has 1 aliphatic carbocycles. The van der Waals surface area contributed by atoms with E-state index in [-0.39, 0.29) is 17.9 Å². The van der Waals surface area contributed by atoms with Crippen molar-refractivity contribution >= 4 is 11.8 Å². The first kappa shape index (κ1) is 14.3. The van der Waals surface area contributed by atoms with E-state index in [4.69, 9.17) is 0 Å². The molecular weight excluding hydrogens is 242 g/mol. The summed E-state index contributed by atoms with van der Waals surface area (Å²) in [5.41, 5.74) is 0. The first-order valence-corrected chi connectivity index (χ1v) is 7.44. The Morgan fingerprint density at radius 3 is 2.37 bits per heavy atom. The lowest BCUT2D eigenvalue weighted by Crippen LogP contribution is -2.55. The zero-order valence-electron chi connectivity index (χ0n) is 12.0. The van der Waals surface area contributed by atoms with Gasteiger partial charge < -0.3 is 10.2 Å². The predicted octanol–water partition coefficient (Wildman–Crippen LogP) is 0.598. The standard InChI is InChI=1S/C14H25N3O2/c1-3-4-13(18)17-9-7-16(8-10-17)11(2)14(19)15-12-5-6-12/h11-12H,3-10H2,1-2H3,(H,15,19). The van der Waals surface area contributed by atoms with E-state index in [1.165, 1.54) is 0 Å². The Balaban J connectivity index is 1.75. The second kappa shape index (κ2) is 6.37. The lowest BCUT2D eigenvalue weighted by atomic mass is 10.2. The van der Waals surface area contributed by atoms with E-state index in [9.17, 15) is 9.59 Å². The molecule has 1 N–H and O–H groups in total. The van der Waals surface area contributed by atoms with Crippen LogP contribution in [0.1, 0.15) is 39.5 Å². The number of carbonyl (C=O) groups is 2. The number of nitrogens with zero attached hydrogens (tertiary/aromatic N) is 2. The summed E-state index contributed by atoms with van der Waals surface area (Å²) in [6.45, 7) is 7.09. The van der Waals surface area contributed by atoms with Crippen LogP contribution in [0.15, 0.2) is 0 Å². The molecular formula is C14H25N3O2. The van der Waals surface area contributed by atoms with E-state index < -0.39 is 0 Å². The fraction of sp³-hybridized carbons (Fsp3) is 0.857. The molecule has 0 spiro atoms. The molecule has 0 aromatic rings. The second-order valence-corrected chi connectivity index (χ2v) is 5.63. The summed E-state index contributed by atoms with van der Waals surface area (Å²) in [5.74, 6) is 0.382. The lowest BCUT2D eigenvalue weighted by molar-refractivity contribution is -0.134. The first-order valence-electron chi connectivity index (χ1n) is 7.44. The normalized spacial score (nSPS) is 22.1. The largest absolute Gasteiger partial charge is 0.352 e. The summed E-state index contributed by atoms with van der Waals surface area (Å²) in [7, 11) is 0. The number of hydrogen-bond acceptors (Lipinski definition) is 3. The quantitative estimate of drug-likeness (QED) is 0.793. The van der Waals surface area contributed by atoms with Gasteiger partial charge in [0, 0.05) is 38.6 Å². The Morgan fingerprint density at radius 2 is 1.84 bits per heavy atom. The van der Waals surface area contributed by atoms with Gasteiger partial charge in [0.15, 0.2) is 0 Å². The highest BCUT2D eigenvalue weighted by molar-refractivity contribution is 5.82. The van der Waals surface area contributed by atoms with Gasteiger partial charge in [-0.1, -0.05) is 6.92 Å². The molecule has 0 bridgehead atoms. The molecule has 19 heavy (non-hydrogen) atoms. The van der Waals surface area contributed by atoms with E-state index in [0.29, 0.717) is 12.5 Å². The number of carbonyl (C=O) groups excluding carboxylic acids is 2. The minimum absolute atomic E-state index is 0.0796. The molecule has 2 rings (SSSR count). The van der Waals surface area contributed by atoms with Crippen LogP contribution in [0.5, 0.6) is 0 Å². The SMILES string of the molecule is CCCC(=O)N1CCN(C(C)C(=O)NC2CC2)CC1. The van der Waals surface area contributed by atoms with Crippen LogP contribution < -0.4 is 5.32 Å². The minimum atomic E-state index is -0.0796. The minimum Gasteiger partial charge on any atom is -0.352 e. The molecule has 0 aromatic heterocycles. The van der Waals surface area contributed by atoms with Crippen LogP contribution in [-0.4, -0.2) is 59.9 Å². The van der Waals surface area contributed by atoms with E-state index in [1.54, 1.807) is 0 Å². The summed E-state index contributed by atoms with van der Waals surface area (Å²) < 4.78 is 0. The molecule has 2 aliphatic rings. The van der Waals surface area contributed by atoms with Crippen molar-refractivity contribution in [3.8, 4) is 0 Å². The van der Waals surface area contributed by atoms with Crippen LogP contribution in [0.3, 0.4) is 0 Å². The van der Waals surface area contributed by atoms with Crippen molar-refractivity contribution in [2.75, 3.05) is 26.2 Å². The van der Waals surface area contributed by atoms with Crippen LogP contribution in [0.2, 0.25) is 0 Å². The van der Waals surface area contributed by atoms with E-state index in [2.05, 4.69) is 10.2 Å². The van der Waals surface area contributed by atoms with Crippen molar-refractivity contribution in [3.63, 3.8) is 0 Å². The maximum absolute atomic E-state index is 12.0. The smallest absolute Gasteiger partial charge is 0.237 e. The van der Waals surface area contributed by atoms with Crippen molar-refractivity contribution < 1.29 is 9.59 Å². The maximum Gasteiger partial charge on any atom is 0.237 e. The third-order valence-electron chi connectivity index (χ3n) is 3.98. The molecule has 0 radical (unpaired) electrons. The van der Waals surface area contributed by atoms with Crippen molar-refractivity contribution in [1.29, 1.82) is 0 Å². The van der Waals surface area contributed by atoms with E-state index in [0.717, 1.165) is 45.4 Å². The van der Waals surface area contributed by atoms with Gasteiger partial charge in [-0.2, -0.15) is 0 Å². The summed E-state index contributed by atoms with van der Waals surface area (Å²) in [6.07, 6.45) is 3.78.